The van der Waals surface area contributed by atoms with Crippen molar-refractivity contribution < 1.29 is 4.79 Å². The van der Waals surface area contributed by atoms with E-state index >= 15 is 0 Å². The zero-order valence-corrected chi connectivity index (χ0v) is 13.8. The zero-order valence-electron chi connectivity index (χ0n) is 13.8. The molecular formula is C20H24N2O. The van der Waals surface area contributed by atoms with Gasteiger partial charge in [0.05, 0.1) is 5.69 Å². The average molecular weight is 308 g/mol. The summed E-state index contributed by atoms with van der Waals surface area (Å²) in [5.74, 6) is 0.887. The molecule has 0 radical (unpaired) electrons. The smallest absolute Gasteiger partial charge is 0.133 e. The van der Waals surface area contributed by atoms with Gasteiger partial charge in [-0.25, -0.2) is 0 Å². The molecule has 120 valence electrons. The van der Waals surface area contributed by atoms with E-state index in [1.54, 1.807) is 0 Å². The SMILES string of the molecule is Cn1cc2c(n1)[C@@]1(Cc3ccccc3)CCC(=O)C[C@H]1CCC2. The van der Waals surface area contributed by atoms with E-state index in [-0.39, 0.29) is 5.41 Å². The Bertz CT molecular complexity index is 718. The van der Waals surface area contributed by atoms with E-state index in [9.17, 15) is 4.79 Å². The summed E-state index contributed by atoms with van der Waals surface area (Å²) in [4.78, 5) is 12.1. The molecule has 0 spiro atoms. The lowest BCUT2D eigenvalue weighted by molar-refractivity contribution is -0.123. The third kappa shape index (κ3) is 2.52. The van der Waals surface area contributed by atoms with Gasteiger partial charge in [0.15, 0.2) is 0 Å². The molecule has 3 nitrogen and oxygen atoms in total. The van der Waals surface area contributed by atoms with Crippen LogP contribution >= 0.6 is 0 Å². The van der Waals surface area contributed by atoms with Gasteiger partial charge in [-0.15, -0.1) is 0 Å². The maximum Gasteiger partial charge on any atom is 0.133 e. The molecule has 1 fully saturated rings. The second-order valence-corrected chi connectivity index (χ2v) is 7.33. The molecule has 1 saturated carbocycles. The molecule has 3 heteroatoms. The van der Waals surface area contributed by atoms with Crippen LogP contribution in [0.1, 0.15) is 48.9 Å². The van der Waals surface area contributed by atoms with Gasteiger partial charge < -0.3 is 0 Å². The number of carbonyl (C=O) groups is 1. The van der Waals surface area contributed by atoms with Crippen LogP contribution in [0.4, 0.5) is 0 Å². The molecule has 2 aromatic rings. The third-order valence-electron chi connectivity index (χ3n) is 5.84. The maximum atomic E-state index is 12.1. The Morgan fingerprint density at radius 2 is 2.09 bits per heavy atom. The molecule has 0 amide bonds. The van der Waals surface area contributed by atoms with Crippen LogP contribution in [0.3, 0.4) is 0 Å². The average Bonchev–Trinajstić information content (AvgIpc) is 2.86. The summed E-state index contributed by atoms with van der Waals surface area (Å²) in [6, 6.07) is 10.7. The van der Waals surface area contributed by atoms with Gasteiger partial charge in [0.1, 0.15) is 5.78 Å². The summed E-state index contributed by atoms with van der Waals surface area (Å²) in [5, 5.41) is 4.89. The first-order valence-electron chi connectivity index (χ1n) is 8.76. The van der Waals surface area contributed by atoms with Crippen LogP contribution in [-0.4, -0.2) is 15.6 Å². The summed E-state index contributed by atoms with van der Waals surface area (Å²) in [6.07, 6.45) is 9.03. The van der Waals surface area contributed by atoms with E-state index in [4.69, 9.17) is 5.10 Å². The van der Waals surface area contributed by atoms with Gasteiger partial charge in [-0.05, 0) is 49.1 Å². The minimum Gasteiger partial charge on any atom is -0.300 e. The summed E-state index contributed by atoms with van der Waals surface area (Å²) in [6.45, 7) is 0. The molecule has 2 aliphatic carbocycles. The van der Waals surface area contributed by atoms with Gasteiger partial charge in [0, 0.05) is 31.5 Å². The normalized spacial score (nSPS) is 27.2. The first-order valence-corrected chi connectivity index (χ1v) is 8.76. The topological polar surface area (TPSA) is 34.9 Å². The largest absolute Gasteiger partial charge is 0.300 e. The van der Waals surface area contributed by atoms with Crippen molar-refractivity contribution in [3.63, 3.8) is 0 Å². The van der Waals surface area contributed by atoms with E-state index in [1.165, 1.54) is 23.2 Å². The highest BCUT2D eigenvalue weighted by atomic mass is 16.1. The number of aromatic nitrogens is 2. The predicted molar refractivity (Wildman–Crippen MR) is 90.3 cm³/mol. The number of ketones is 1. The van der Waals surface area contributed by atoms with E-state index in [2.05, 4.69) is 36.5 Å². The Labute approximate surface area is 137 Å². The van der Waals surface area contributed by atoms with Crippen molar-refractivity contribution in [2.75, 3.05) is 0 Å². The molecule has 2 atom stereocenters. The number of fused-ring (bicyclic) bond motifs is 3. The second kappa shape index (κ2) is 5.63. The molecule has 23 heavy (non-hydrogen) atoms. The fourth-order valence-corrected chi connectivity index (χ4v) is 4.78. The number of benzene rings is 1. The van der Waals surface area contributed by atoms with Crippen LogP contribution < -0.4 is 0 Å². The van der Waals surface area contributed by atoms with Crippen molar-refractivity contribution in [3.8, 4) is 0 Å². The second-order valence-electron chi connectivity index (χ2n) is 7.33. The van der Waals surface area contributed by atoms with Crippen molar-refractivity contribution in [1.82, 2.24) is 9.78 Å². The summed E-state index contributed by atoms with van der Waals surface area (Å²) in [5.41, 5.74) is 4.09. The maximum absolute atomic E-state index is 12.1. The Morgan fingerprint density at radius 1 is 1.26 bits per heavy atom. The zero-order chi connectivity index (χ0) is 15.9. The molecule has 1 heterocycles. The monoisotopic (exact) mass is 308 g/mol. The highest BCUT2D eigenvalue weighted by molar-refractivity contribution is 5.80. The van der Waals surface area contributed by atoms with Gasteiger partial charge in [-0.2, -0.15) is 5.10 Å². The van der Waals surface area contributed by atoms with Crippen LogP contribution in [-0.2, 0) is 30.1 Å². The number of Topliss-reactive ketones (excluding diaryl/α,β-unsaturated/α-hetero) is 1. The Morgan fingerprint density at radius 3 is 2.91 bits per heavy atom. The molecule has 1 aromatic heterocycles. The van der Waals surface area contributed by atoms with Crippen LogP contribution in [0.5, 0.6) is 0 Å². The fraction of sp³-hybridized carbons (Fsp3) is 0.500. The van der Waals surface area contributed by atoms with E-state index in [0.29, 0.717) is 18.1 Å². The Hall–Kier alpha value is -1.90. The molecule has 0 saturated heterocycles. The number of hydrogen-bond acceptors (Lipinski definition) is 2. The lowest BCUT2D eigenvalue weighted by Gasteiger charge is -2.42. The van der Waals surface area contributed by atoms with Crippen molar-refractivity contribution in [2.45, 2.75) is 50.4 Å². The fourth-order valence-electron chi connectivity index (χ4n) is 4.78. The van der Waals surface area contributed by atoms with E-state index < -0.39 is 0 Å². The van der Waals surface area contributed by atoms with Crippen LogP contribution in [0, 0.1) is 5.92 Å². The molecule has 0 N–H and O–H groups in total. The number of rotatable bonds is 2. The van der Waals surface area contributed by atoms with Gasteiger partial charge in [0.25, 0.3) is 0 Å². The minimum absolute atomic E-state index is 0.0440. The first-order chi connectivity index (χ1) is 11.2. The quantitative estimate of drug-likeness (QED) is 0.849. The van der Waals surface area contributed by atoms with Crippen molar-refractivity contribution in [2.24, 2.45) is 13.0 Å². The van der Waals surface area contributed by atoms with Gasteiger partial charge in [0.2, 0.25) is 0 Å². The van der Waals surface area contributed by atoms with Crippen LogP contribution in [0.15, 0.2) is 36.5 Å². The summed E-state index contributed by atoms with van der Waals surface area (Å²) >= 11 is 0. The molecule has 0 bridgehead atoms. The Balaban J connectivity index is 1.83. The number of hydrogen-bond donors (Lipinski definition) is 0. The standard InChI is InChI=1S/C20H24N2O/c1-22-14-16-8-5-9-17-12-18(23)10-11-20(17,19(16)21-22)13-15-6-3-2-4-7-15/h2-4,6-7,14,17H,5,8-13H2,1H3/t17-,20-/m1/s1. The highest BCUT2D eigenvalue weighted by Crippen LogP contribution is 2.49. The Kier molecular flexibility index (Phi) is 3.59. The van der Waals surface area contributed by atoms with Gasteiger partial charge >= 0.3 is 0 Å². The first kappa shape index (κ1) is 14.7. The van der Waals surface area contributed by atoms with Gasteiger partial charge in [-0.1, -0.05) is 30.3 Å². The van der Waals surface area contributed by atoms with Crippen LogP contribution in [0.25, 0.3) is 0 Å². The number of aryl methyl sites for hydroxylation is 2. The van der Waals surface area contributed by atoms with Crippen molar-refractivity contribution in [3.05, 3.63) is 53.3 Å². The van der Waals surface area contributed by atoms with E-state index in [1.807, 2.05) is 11.7 Å². The van der Waals surface area contributed by atoms with Crippen molar-refractivity contribution in [1.29, 1.82) is 0 Å². The van der Waals surface area contributed by atoms with Crippen LogP contribution in [0.2, 0.25) is 0 Å². The van der Waals surface area contributed by atoms with Crippen molar-refractivity contribution >= 4 is 5.78 Å². The lowest BCUT2D eigenvalue weighted by atomic mass is 9.60. The lowest BCUT2D eigenvalue weighted by Crippen LogP contribution is -2.43. The molecule has 4 rings (SSSR count). The summed E-state index contributed by atoms with van der Waals surface area (Å²) < 4.78 is 1.97. The van der Waals surface area contributed by atoms with Gasteiger partial charge in [-0.3, -0.25) is 9.48 Å². The minimum atomic E-state index is 0.0440. The molecule has 2 aliphatic rings. The predicted octanol–water partition coefficient (Wildman–Crippen LogP) is 3.61. The molecule has 0 unspecified atom stereocenters. The van der Waals surface area contributed by atoms with E-state index in [0.717, 1.165) is 32.1 Å². The molecular weight excluding hydrogens is 284 g/mol. The molecule has 0 aliphatic heterocycles. The highest BCUT2D eigenvalue weighted by Gasteiger charge is 2.48. The summed E-state index contributed by atoms with van der Waals surface area (Å²) in [7, 11) is 2.02. The number of nitrogens with zero attached hydrogens (tertiary/aromatic N) is 2. The molecule has 1 aromatic carbocycles. The third-order valence-corrected chi connectivity index (χ3v) is 5.84. The number of carbonyl (C=O) groups excluding carboxylic acids is 1.